The highest BCUT2D eigenvalue weighted by Crippen LogP contribution is 2.11. The Bertz CT molecular complexity index is 52.0. The minimum Gasteiger partial charge on any atom is -0.857 e. The normalized spacial score (nSPS) is 10.2. The van der Waals surface area contributed by atoms with Gasteiger partial charge in [-0.2, -0.15) is 7.11 Å². The standard InChI is InChI=1S/C7H17N.CH3O/c1-4-7(8,5-2)6-3;1-2/h4-6,8H2,1-3H3;1H3/q;-1/p+1. The first-order valence-corrected chi connectivity index (χ1v) is 3.94. The van der Waals surface area contributed by atoms with Crippen LogP contribution in [0.5, 0.6) is 0 Å². The third-order valence-corrected chi connectivity index (χ3v) is 2.25. The Morgan fingerprint density at radius 1 is 1.00 bits per heavy atom. The fourth-order valence-corrected chi connectivity index (χ4v) is 0.750. The number of quaternary nitrogens is 1. The summed E-state index contributed by atoms with van der Waals surface area (Å²) in [7, 11) is 0.750. The van der Waals surface area contributed by atoms with Gasteiger partial charge < -0.3 is 10.8 Å². The summed E-state index contributed by atoms with van der Waals surface area (Å²) >= 11 is 0. The second-order valence-corrected chi connectivity index (χ2v) is 2.56. The van der Waals surface area contributed by atoms with E-state index in [1.165, 1.54) is 19.3 Å². The molecular weight excluding hydrogens is 126 g/mol. The van der Waals surface area contributed by atoms with Crippen molar-refractivity contribution in [2.45, 2.75) is 45.6 Å². The Balaban J connectivity index is 0. The van der Waals surface area contributed by atoms with Gasteiger partial charge in [0.1, 0.15) is 0 Å². The SMILES string of the molecule is CCC([NH3+])(CC)CC.C[O-]. The zero-order valence-electron chi connectivity index (χ0n) is 7.74. The molecule has 0 aliphatic heterocycles. The van der Waals surface area contributed by atoms with Gasteiger partial charge in [-0.1, -0.05) is 20.8 Å². The minimum atomic E-state index is 0.375. The van der Waals surface area contributed by atoms with Gasteiger partial charge in [-0.15, -0.1) is 0 Å². The van der Waals surface area contributed by atoms with Crippen molar-refractivity contribution in [1.29, 1.82) is 0 Å². The summed E-state index contributed by atoms with van der Waals surface area (Å²) in [5.74, 6) is 0. The van der Waals surface area contributed by atoms with Crippen molar-refractivity contribution in [3.63, 3.8) is 0 Å². The summed E-state index contributed by atoms with van der Waals surface area (Å²) in [5, 5.41) is 8.25. The first kappa shape index (κ1) is 12.6. The predicted molar refractivity (Wildman–Crippen MR) is 42.4 cm³/mol. The van der Waals surface area contributed by atoms with Crippen molar-refractivity contribution in [3.05, 3.63) is 0 Å². The largest absolute Gasteiger partial charge is 0.857 e. The molecule has 3 N–H and O–H groups in total. The Morgan fingerprint density at radius 2 is 1.20 bits per heavy atom. The van der Waals surface area contributed by atoms with Gasteiger partial charge >= 0.3 is 0 Å². The molecule has 0 aliphatic carbocycles. The van der Waals surface area contributed by atoms with Crippen molar-refractivity contribution in [1.82, 2.24) is 0 Å². The summed E-state index contributed by atoms with van der Waals surface area (Å²) in [4.78, 5) is 0. The molecule has 0 saturated heterocycles. The zero-order chi connectivity index (χ0) is 8.62. The van der Waals surface area contributed by atoms with Crippen molar-refractivity contribution in [2.24, 2.45) is 0 Å². The molecule has 0 aromatic rings. The number of hydrogen-bond donors (Lipinski definition) is 1. The van der Waals surface area contributed by atoms with Crippen molar-refractivity contribution < 1.29 is 10.8 Å². The van der Waals surface area contributed by atoms with Gasteiger partial charge in [0.2, 0.25) is 0 Å². The first-order valence-electron chi connectivity index (χ1n) is 3.94. The molecule has 2 heteroatoms. The topological polar surface area (TPSA) is 50.7 Å². The van der Waals surface area contributed by atoms with Gasteiger partial charge in [-0.05, 0) is 19.3 Å². The van der Waals surface area contributed by atoms with Crippen LogP contribution in [-0.4, -0.2) is 12.6 Å². The maximum absolute atomic E-state index is 8.25. The average molecular weight is 147 g/mol. The van der Waals surface area contributed by atoms with Gasteiger partial charge in [0.25, 0.3) is 0 Å². The van der Waals surface area contributed by atoms with E-state index in [0.717, 1.165) is 7.11 Å². The van der Waals surface area contributed by atoms with E-state index < -0.39 is 0 Å². The molecule has 0 heterocycles. The molecule has 0 unspecified atom stereocenters. The van der Waals surface area contributed by atoms with Crippen LogP contribution in [0.2, 0.25) is 0 Å². The van der Waals surface area contributed by atoms with E-state index in [-0.39, 0.29) is 0 Å². The summed E-state index contributed by atoms with van der Waals surface area (Å²) in [5.41, 5.74) is 4.50. The van der Waals surface area contributed by atoms with Gasteiger partial charge in [-0.25, -0.2) is 0 Å². The smallest absolute Gasteiger partial charge is 0.0937 e. The minimum absolute atomic E-state index is 0.375. The van der Waals surface area contributed by atoms with Gasteiger partial charge in [0, 0.05) is 0 Å². The van der Waals surface area contributed by atoms with Crippen LogP contribution in [-0.2, 0) is 0 Å². The second kappa shape index (κ2) is 7.03. The Labute approximate surface area is 64.4 Å². The molecule has 0 saturated carbocycles. The molecule has 0 radical (unpaired) electrons. The quantitative estimate of drug-likeness (QED) is 0.608. The van der Waals surface area contributed by atoms with E-state index in [1.54, 1.807) is 0 Å². The van der Waals surface area contributed by atoms with Crippen LogP contribution in [0.25, 0.3) is 0 Å². The van der Waals surface area contributed by atoms with Crippen LogP contribution in [0.1, 0.15) is 40.0 Å². The lowest BCUT2D eigenvalue weighted by Crippen LogP contribution is -2.71. The molecule has 0 rings (SSSR count). The highest BCUT2D eigenvalue weighted by Gasteiger charge is 2.20. The molecule has 0 spiro atoms. The van der Waals surface area contributed by atoms with E-state index in [9.17, 15) is 0 Å². The van der Waals surface area contributed by atoms with Crippen LogP contribution in [0.15, 0.2) is 0 Å². The van der Waals surface area contributed by atoms with Crippen LogP contribution in [0, 0.1) is 0 Å². The predicted octanol–water partition coefficient (Wildman–Crippen LogP) is 0.174. The molecule has 0 fully saturated rings. The Morgan fingerprint density at radius 3 is 1.20 bits per heavy atom. The highest BCUT2D eigenvalue weighted by atomic mass is 16.2. The van der Waals surface area contributed by atoms with Crippen molar-refractivity contribution in [2.75, 3.05) is 7.11 Å². The molecule has 2 nitrogen and oxygen atoms in total. The third-order valence-electron chi connectivity index (χ3n) is 2.25. The lowest BCUT2D eigenvalue weighted by molar-refractivity contribution is -0.480. The van der Waals surface area contributed by atoms with E-state index >= 15 is 0 Å². The lowest BCUT2D eigenvalue weighted by Gasteiger charge is -2.19. The van der Waals surface area contributed by atoms with Crippen LogP contribution in [0.4, 0.5) is 0 Å². The van der Waals surface area contributed by atoms with Crippen molar-refractivity contribution in [3.8, 4) is 0 Å². The molecule has 0 amide bonds. The number of hydrogen-bond acceptors (Lipinski definition) is 1. The Kier molecular flexibility index (Phi) is 8.85. The van der Waals surface area contributed by atoms with E-state index in [2.05, 4.69) is 26.5 Å². The van der Waals surface area contributed by atoms with E-state index in [1.807, 2.05) is 0 Å². The summed E-state index contributed by atoms with van der Waals surface area (Å²) in [6.45, 7) is 6.62. The van der Waals surface area contributed by atoms with Crippen molar-refractivity contribution >= 4 is 0 Å². The monoisotopic (exact) mass is 147 g/mol. The maximum atomic E-state index is 8.25. The highest BCUT2D eigenvalue weighted by molar-refractivity contribution is 4.69. The zero-order valence-corrected chi connectivity index (χ0v) is 7.74. The Hall–Kier alpha value is -0.0800. The molecule has 10 heavy (non-hydrogen) atoms. The fourth-order valence-electron chi connectivity index (χ4n) is 0.750. The molecule has 0 aromatic heterocycles. The van der Waals surface area contributed by atoms with Gasteiger partial charge in [0.05, 0.1) is 5.54 Å². The van der Waals surface area contributed by atoms with Crippen LogP contribution < -0.4 is 10.8 Å². The summed E-state index contributed by atoms with van der Waals surface area (Å²) in [6.07, 6.45) is 3.63. The molecule has 0 bridgehead atoms. The van der Waals surface area contributed by atoms with E-state index in [4.69, 9.17) is 5.11 Å². The van der Waals surface area contributed by atoms with Crippen LogP contribution in [0.3, 0.4) is 0 Å². The molecule has 0 aliphatic rings. The maximum Gasteiger partial charge on any atom is 0.0937 e. The van der Waals surface area contributed by atoms with E-state index in [0.29, 0.717) is 5.54 Å². The van der Waals surface area contributed by atoms with Crippen LogP contribution >= 0.6 is 0 Å². The molecule has 64 valence electrons. The molecule has 0 aromatic carbocycles. The van der Waals surface area contributed by atoms with Gasteiger partial charge in [0.15, 0.2) is 0 Å². The average Bonchev–Trinajstić information content (AvgIpc) is 2.07. The fraction of sp³-hybridized carbons (Fsp3) is 1.00. The summed E-state index contributed by atoms with van der Waals surface area (Å²) < 4.78 is 0. The molecular formula is C8H21NO. The third kappa shape index (κ3) is 4.77. The number of rotatable bonds is 3. The second-order valence-electron chi connectivity index (χ2n) is 2.56. The lowest BCUT2D eigenvalue weighted by atomic mass is 9.92. The first-order chi connectivity index (χ1) is 4.68. The molecule has 0 atom stereocenters. The van der Waals surface area contributed by atoms with Gasteiger partial charge in [-0.3, -0.25) is 0 Å². The summed E-state index contributed by atoms with van der Waals surface area (Å²) in [6, 6.07) is 0.